The second kappa shape index (κ2) is 5.82. The van der Waals surface area contributed by atoms with Crippen molar-refractivity contribution in [1.82, 2.24) is 10.6 Å². The number of amides is 1. The van der Waals surface area contributed by atoms with Crippen molar-refractivity contribution in [3.63, 3.8) is 0 Å². The molecule has 7 nitrogen and oxygen atoms in total. The van der Waals surface area contributed by atoms with E-state index in [1.165, 1.54) is 18.2 Å². The molecular weight excluding hydrogens is 342 g/mol. The Bertz CT molecular complexity index is 875. The number of carbonyl (C=O) groups is 1. The fourth-order valence-electron chi connectivity index (χ4n) is 2.02. The van der Waals surface area contributed by atoms with E-state index in [0.717, 1.165) is 0 Å². The van der Waals surface area contributed by atoms with Crippen LogP contribution in [-0.4, -0.2) is 15.9 Å². The third kappa shape index (κ3) is 3.08. The van der Waals surface area contributed by atoms with Gasteiger partial charge < -0.3 is 9.73 Å². The normalized spacial score (nSPS) is 15.6. The fraction of sp³-hybridized carbons (Fsp3) is 0. The van der Waals surface area contributed by atoms with Crippen molar-refractivity contribution in [2.75, 3.05) is 0 Å². The molecule has 9 heteroatoms. The lowest BCUT2D eigenvalue weighted by atomic mass is 10.1. The summed E-state index contributed by atoms with van der Waals surface area (Å²) in [4.78, 5) is 21.9. The van der Waals surface area contributed by atoms with Crippen LogP contribution in [-0.2, 0) is 4.79 Å². The lowest BCUT2D eigenvalue weighted by Crippen LogP contribution is -2.21. The van der Waals surface area contributed by atoms with Gasteiger partial charge in [0.1, 0.15) is 22.2 Å². The zero-order valence-electron chi connectivity index (χ0n) is 11.3. The number of nitrogens with zero attached hydrogens (tertiary/aromatic N) is 1. The van der Waals surface area contributed by atoms with Crippen LogP contribution in [0, 0.1) is 10.1 Å². The van der Waals surface area contributed by atoms with Crippen LogP contribution in [0.4, 0.5) is 5.69 Å². The van der Waals surface area contributed by atoms with Crippen LogP contribution in [0.3, 0.4) is 0 Å². The lowest BCUT2D eigenvalue weighted by Gasteiger charge is -1.99. The molecule has 0 aliphatic carbocycles. The van der Waals surface area contributed by atoms with Gasteiger partial charge in [0.25, 0.3) is 11.6 Å². The molecule has 0 radical (unpaired) electrons. The third-order valence-corrected chi connectivity index (χ3v) is 3.58. The third-order valence-electron chi connectivity index (χ3n) is 3.06. The van der Waals surface area contributed by atoms with Crippen molar-refractivity contribution in [3.05, 3.63) is 56.9 Å². The molecule has 2 N–H and O–H groups in total. The highest BCUT2D eigenvalue weighted by Gasteiger charge is 2.21. The van der Waals surface area contributed by atoms with E-state index in [4.69, 9.17) is 28.2 Å². The molecule has 2 aromatic rings. The number of thiocarbonyl (C=S) groups is 1. The van der Waals surface area contributed by atoms with Crippen LogP contribution in [0.5, 0.6) is 0 Å². The summed E-state index contributed by atoms with van der Waals surface area (Å²) in [5.74, 6) is 0.465. The molecule has 1 fully saturated rings. The van der Waals surface area contributed by atoms with Crippen molar-refractivity contribution < 1.29 is 14.1 Å². The molecular formula is C14H8ClN3O4S. The number of nitro groups is 1. The maximum Gasteiger partial charge on any atom is 0.288 e. The van der Waals surface area contributed by atoms with Gasteiger partial charge in [-0.25, -0.2) is 0 Å². The molecule has 0 unspecified atom stereocenters. The first-order chi connectivity index (χ1) is 10.9. The second-order valence-electron chi connectivity index (χ2n) is 4.59. The average Bonchev–Trinajstić information content (AvgIpc) is 3.06. The zero-order chi connectivity index (χ0) is 16.6. The molecule has 1 aliphatic heterocycles. The van der Waals surface area contributed by atoms with Crippen molar-refractivity contribution in [2.45, 2.75) is 0 Å². The standard InChI is InChI=1S/C14H8ClN3O4S/c15-9-3-1-7(5-11(9)18(20)21)12-4-2-8(22-12)6-10-13(19)17-14(23)16-10/h1-6H,(H2,16,17,19,23)/b10-6+. The Labute approximate surface area is 140 Å². The first kappa shape index (κ1) is 15.2. The molecule has 0 bridgehead atoms. The van der Waals surface area contributed by atoms with Crippen molar-refractivity contribution in [2.24, 2.45) is 0 Å². The molecule has 1 saturated heterocycles. The summed E-state index contributed by atoms with van der Waals surface area (Å²) in [6.07, 6.45) is 1.49. The van der Waals surface area contributed by atoms with Crippen LogP contribution in [0.1, 0.15) is 5.76 Å². The summed E-state index contributed by atoms with van der Waals surface area (Å²) in [7, 11) is 0. The van der Waals surface area contributed by atoms with Gasteiger partial charge in [0.2, 0.25) is 0 Å². The molecule has 0 saturated carbocycles. The van der Waals surface area contributed by atoms with Gasteiger partial charge in [-0.05, 0) is 36.5 Å². The molecule has 1 aromatic heterocycles. The van der Waals surface area contributed by atoms with E-state index in [9.17, 15) is 14.9 Å². The number of nitro benzene ring substituents is 1. The Morgan fingerprint density at radius 1 is 1.26 bits per heavy atom. The molecule has 0 spiro atoms. The summed E-state index contributed by atoms with van der Waals surface area (Å²) in [6.45, 7) is 0. The van der Waals surface area contributed by atoms with Gasteiger partial charge in [-0.1, -0.05) is 11.6 Å². The van der Waals surface area contributed by atoms with Crippen LogP contribution in [0.15, 0.2) is 40.4 Å². The molecule has 1 aliphatic rings. The SMILES string of the molecule is O=C1NC(=S)N/C1=C/c1ccc(-c2ccc(Cl)c([N+](=O)[O-])c2)o1. The van der Waals surface area contributed by atoms with E-state index in [2.05, 4.69) is 10.6 Å². The largest absolute Gasteiger partial charge is 0.457 e. The van der Waals surface area contributed by atoms with Crippen LogP contribution < -0.4 is 10.6 Å². The summed E-state index contributed by atoms with van der Waals surface area (Å²) >= 11 is 10.6. The highest BCUT2D eigenvalue weighted by molar-refractivity contribution is 7.80. The van der Waals surface area contributed by atoms with E-state index >= 15 is 0 Å². The summed E-state index contributed by atoms with van der Waals surface area (Å²) in [5.41, 5.74) is 0.561. The van der Waals surface area contributed by atoms with Gasteiger partial charge in [-0.3, -0.25) is 20.2 Å². The Kier molecular flexibility index (Phi) is 3.85. The van der Waals surface area contributed by atoms with E-state index in [-0.39, 0.29) is 27.4 Å². The van der Waals surface area contributed by atoms with E-state index < -0.39 is 4.92 Å². The number of carbonyl (C=O) groups excluding carboxylic acids is 1. The minimum absolute atomic E-state index is 0.0491. The molecule has 1 aromatic carbocycles. The smallest absolute Gasteiger partial charge is 0.288 e. The minimum atomic E-state index is -0.564. The first-order valence-electron chi connectivity index (χ1n) is 6.32. The van der Waals surface area contributed by atoms with Crippen molar-refractivity contribution in [3.8, 4) is 11.3 Å². The topological polar surface area (TPSA) is 97.4 Å². The van der Waals surface area contributed by atoms with Crippen molar-refractivity contribution >= 4 is 46.6 Å². The molecule has 23 heavy (non-hydrogen) atoms. The fourth-order valence-corrected chi connectivity index (χ4v) is 2.41. The molecule has 3 rings (SSSR count). The van der Waals surface area contributed by atoms with Crippen LogP contribution in [0.25, 0.3) is 17.4 Å². The maximum atomic E-state index is 11.6. The number of hydrogen-bond donors (Lipinski definition) is 2. The van der Waals surface area contributed by atoms with Gasteiger partial charge in [0.05, 0.1) is 4.92 Å². The lowest BCUT2D eigenvalue weighted by molar-refractivity contribution is -0.384. The zero-order valence-corrected chi connectivity index (χ0v) is 12.9. The monoisotopic (exact) mass is 349 g/mol. The summed E-state index contributed by atoms with van der Waals surface area (Å²) in [5, 5.41) is 16.3. The number of nitrogens with one attached hydrogen (secondary N) is 2. The summed E-state index contributed by atoms with van der Waals surface area (Å²) in [6, 6.07) is 7.65. The molecule has 2 heterocycles. The van der Waals surface area contributed by atoms with E-state index in [1.54, 1.807) is 18.2 Å². The van der Waals surface area contributed by atoms with Gasteiger partial charge >= 0.3 is 0 Å². The number of benzene rings is 1. The Hall–Kier alpha value is -2.71. The van der Waals surface area contributed by atoms with E-state index in [0.29, 0.717) is 17.1 Å². The number of rotatable bonds is 3. The molecule has 1 amide bonds. The Balaban J connectivity index is 1.92. The average molecular weight is 350 g/mol. The van der Waals surface area contributed by atoms with Gasteiger partial charge in [0.15, 0.2) is 5.11 Å². The molecule has 116 valence electrons. The van der Waals surface area contributed by atoms with E-state index in [1.807, 2.05) is 0 Å². The number of furan rings is 1. The summed E-state index contributed by atoms with van der Waals surface area (Å²) < 4.78 is 5.58. The highest BCUT2D eigenvalue weighted by Crippen LogP contribution is 2.31. The van der Waals surface area contributed by atoms with Crippen LogP contribution >= 0.6 is 23.8 Å². The Morgan fingerprint density at radius 3 is 2.70 bits per heavy atom. The predicted molar refractivity (Wildman–Crippen MR) is 87.7 cm³/mol. The van der Waals surface area contributed by atoms with Crippen molar-refractivity contribution in [1.29, 1.82) is 0 Å². The number of hydrogen-bond acceptors (Lipinski definition) is 5. The quantitative estimate of drug-likeness (QED) is 0.383. The predicted octanol–water partition coefficient (Wildman–Crippen LogP) is 2.85. The Morgan fingerprint density at radius 2 is 2.04 bits per heavy atom. The van der Waals surface area contributed by atoms with Crippen LogP contribution in [0.2, 0.25) is 5.02 Å². The molecule has 0 atom stereocenters. The number of halogens is 1. The van der Waals surface area contributed by atoms with Gasteiger partial charge in [-0.2, -0.15) is 0 Å². The first-order valence-corrected chi connectivity index (χ1v) is 7.11. The van der Waals surface area contributed by atoms with Gasteiger partial charge in [0, 0.05) is 17.7 Å². The second-order valence-corrected chi connectivity index (χ2v) is 5.41. The van der Waals surface area contributed by atoms with Gasteiger partial charge in [-0.15, -0.1) is 0 Å². The highest BCUT2D eigenvalue weighted by atomic mass is 35.5. The maximum absolute atomic E-state index is 11.6. The minimum Gasteiger partial charge on any atom is -0.457 e.